The van der Waals surface area contributed by atoms with Crippen molar-refractivity contribution >= 4 is 11.9 Å². The van der Waals surface area contributed by atoms with Crippen LogP contribution in [0.3, 0.4) is 0 Å². The fourth-order valence-electron chi connectivity index (χ4n) is 7.66. The summed E-state index contributed by atoms with van der Waals surface area (Å²) in [6, 6.07) is 8.56. The van der Waals surface area contributed by atoms with E-state index in [1.54, 1.807) is 11.0 Å². The van der Waals surface area contributed by atoms with Gasteiger partial charge in [-0.1, -0.05) is 59.1 Å². The molecule has 2 saturated carbocycles. The number of aromatic carboxylic acids is 1. The Kier molecular flexibility index (Phi) is 10.0. The van der Waals surface area contributed by atoms with Crippen LogP contribution in [0.5, 0.6) is 0 Å². The van der Waals surface area contributed by atoms with E-state index in [4.69, 9.17) is 5.11 Å². The largest absolute Gasteiger partial charge is 0.478 e. The summed E-state index contributed by atoms with van der Waals surface area (Å²) < 4.78 is 38.9. The Hall–Kier alpha value is -2.90. The van der Waals surface area contributed by atoms with Crippen LogP contribution in [0.1, 0.15) is 118 Å². The number of carbonyl (C=O) groups excluding carboxylic acids is 1. The Bertz CT molecular complexity index is 1260. The molecule has 3 aliphatic rings. The third-order valence-electron chi connectivity index (χ3n) is 9.93. The first-order valence-electron chi connectivity index (χ1n) is 15.6. The van der Waals surface area contributed by atoms with Gasteiger partial charge in [0.2, 0.25) is 5.91 Å². The van der Waals surface area contributed by atoms with E-state index >= 15 is 0 Å². The fraction of sp³-hybridized carbons (Fsp3) is 0.618. The van der Waals surface area contributed by atoms with Gasteiger partial charge in [-0.3, -0.25) is 9.78 Å². The Morgan fingerprint density at radius 3 is 2.64 bits per heavy atom. The molecule has 1 aliphatic heterocycles. The number of amides is 1. The van der Waals surface area contributed by atoms with Crippen molar-refractivity contribution in [3.63, 3.8) is 0 Å². The number of pyridine rings is 1. The normalized spacial score (nSPS) is 24.7. The number of carboxylic acid groups (broad SMARTS) is 1. The van der Waals surface area contributed by atoms with E-state index in [9.17, 15) is 22.8 Å². The van der Waals surface area contributed by atoms with E-state index in [0.717, 1.165) is 57.6 Å². The molecule has 230 valence electrons. The molecular weight excluding hydrogens is 541 g/mol. The van der Waals surface area contributed by atoms with E-state index in [-0.39, 0.29) is 17.9 Å². The summed E-state index contributed by atoms with van der Waals surface area (Å²) >= 11 is 0. The minimum Gasteiger partial charge on any atom is -0.478 e. The molecule has 1 N–H and O–H groups in total. The zero-order valence-electron chi connectivity index (χ0n) is 25.3. The third kappa shape index (κ3) is 6.84. The van der Waals surface area contributed by atoms with E-state index in [2.05, 4.69) is 38.7 Å². The summed E-state index contributed by atoms with van der Waals surface area (Å²) in [5.41, 5.74) is 1.81. The number of aromatic nitrogens is 1. The van der Waals surface area contributed by atoms with Gasteiger partial charge in [0.1, 0.15) is 0 Å². The number of hydrogen-bond acceptors (Lipinski definition) is 3. The number of carbonyl (C=O) groups is 2. The minimum atomic E-state index is -4.40. The van der Waals surface area contributed by atoms with Crippen molar-refractivity contribution in [2.75, 3.05) is 6.54 Å². The number of carboxylic acids is 1. The molecule has 2 fully saturated rings. The SMILES string of the molecule is CCCC(c1cccc(C(=O)O)c1)[C@H](C)CC.C[C@@H]1CC2CCCC2(C(=O)N2CCc3ncc(C(F)(F)F)cc3C2)C1. The van der Waals surface area contributed by atoms with Crippen molar-refractivity contribution in [3.05, 3.63) is 64.5 Å². The molecule has 5 rings (SSSR count). The van der Waals surface area contributed by atoms with Gasteiger partial charge in [0, 0.05) is 31.4 Å². The molecular formula is C34H45F3N2O3. The van der Waals surface area contributed by atoms with Crippen LogP contribution in [-0.4, -0.2) is 33.4 Å². The first-order valence-corrected chi connectivity index (χ1v) is 15.6. The zero-order valence-corrected chi connectivity index (χ0v) is 25.3. The Labute approximate surface area is 247 Å². The maximum Gasteiger partial charge on any atom is 0.417 e. The standard InChI is InChI=1S/C19H23F3N2O.C15H22O2/c1-12-7-14-3-2-5-18(14,9-12)17(25)24-6-4-16-13(11-24)8-15(10-23-16)19(20,21)22;1-4-7-14(11(3)5-2)12-8-6-9-13(10-12)15(16)17/h8,10,12,14H,2-7,9,11H2,1H3;6,8-11,14H,4-5,7H2,1-3H3,(H,16,17)/t12-,14?,18?;11-,14?/m11/s1. The lowest BCUT2D eigenvalue weighted by Gasteiger charge is -2.37. The molecule has 0 radical (unpaired) electrons. The monoisotopic (exact) mass is 586 g/mol. The number of alkyl halides is 3. The summed E-state index contributed by atoms with van der Waals surface area (Å²) in [7, 11) is 0. The Morgan fingerprint density at radius 1 is 1.21 bits per heavy atom. The van der Waals surface area contributed by atoms with Crippen molar-refractivity contribution < 1.29 is 27.9 Å². The van der Waals surface area contributed by atoms with Crippen LogP contribution in [0.25, 0.3) is 0 Å². The van der Waals surface area contributed by atoms with Crippen molar-refractivity contribution in [3.8, 4) is 0 Å². The van der Waals surface area contributed by atoms with Gasteiger partial charge in [-0.25, -0.2) is 4.79 Å². The highest BCUT2D eigenvalue weighted by atomic mass is 19.4. The molecule has 5 nitrogen and oxygen atoms in total. The molecule has 8 heteroatoms. The summed E-state index contributed by atoms with van der Waals surface area (Å²) in [6.45, 7) is 9.64. The van der Waals surface area contributed by atoms with Crippen LogP contribution in [-0.2, 0) is 23.9 Å². The van der Waals surface area contributed by atoms with Gasteiger partial charge in [0.15, 0.2) is 0 Å². The first kappa shape index (κ1) is 32.0. The second-order valence-electron chi connectivity index (χ2n) is 12.8. The van der Waals surface area contributed by atoms with Gasteiger partial charge in [0.05, 0.1) is 16.5 Å². The van der Waals surface area contributed by atoms with Crippen molar-refractivity contribution in [2.24, 2.45) is 23.2 Å². The van der Waals surface area contributed by atoms with Crippen molar-refractivity contribution in [1.82, 2.24) is 9.88 Å². The molecule has 3 unspecified atom stereocenters. The van der Waals surface area contributed by atoms with E-state index in [1.807, 2.05) is 12.1 Å². The molecule has 1 aromatic carbocycles. The maximum absolute atomic E-state index is 13.3. The van der Waals surface area contributed by atoms with E-state index in [1.165, 1.54) is 11.6 Å². The predicted molar refractivity (Wildman–Crippen MR) is 157 cm³/mol. The number of rotatable bonds is 7. The zero-order chi connectivity index (χ0) is 30.7. The van der Waals surface area contributed by atoms with Crippen LogP contribution >= 0.6 is 0 Å². The van der Waals surface area contributed by atoms with Crippen LogP contribution in [0.2, 0.25) is 0 Å². The average molecular weight is 587 g/mol. The summed E-state index contributed by atoms with van der Waals surface area (Å²) in [6.07, 6.45) is 5.60. The lowest BCUT2D eigenvalue weighted by molar-refractivity contribution is -0.144. The molecule has 42 heavy (non-hydrogen) atoms. The molecule has 0 bridgehead atoms. The van der Waals surface area contributed by atoms with E-state index < -0.39 is 17.7 Å². The van der Waals surface area contributed by atoms with Gasteiger partial charge in [-0.2, -0.15) is 13.2 Å². The molecule has 2 heterocycles. The van der Waals surface area contributed by atoms with Gasteiger partial charge in [-0.05, 0) is 85.1 Å². The van der Waals surface area contributed by atoms with Crippen LogP contribution in [0.4, 0.5) is 13.2 Å². The van der Waals surface area contributed by atoms with Crippen molar-refractivity contribution in [2.45, 2.75) is 104 Å². The van der Waals surface area contributed by atoms with Crippen LogP contribution in [0.15, 0.2) is 36.5 Å². The number of nitrogens with zero attached hydrogens (tertiary/aromatic N) is 2. The lowest BCUT2D eigenvalue weighted by Crippen LogP contribution is -2.46. The molecule has 2 aliphatic carbocycles. The third-order valence-corrected chi connectivity index (χ3v) is 9.93. The quantitative estimate of drug-likeness (QED) is 0.353. The number of benzene rings is 1. The number of halogens is 3. The topological polar surface area (TPSA) is 70.5 Å². The van der Waals surface area contributed by atoms with Crippen LogP contribution < -0.4 is 0 Å². The molecule has 5 atom stereocenters. The maximum atomic E-state index is 13.3. The smallest absolute Gasteiger partial charge is 0.417 e. The first-order chi connectivity index (χ1) is 19.9. The Morgan fingerprint density at radius 2 is 1.98 bits per heavy atom. The summed E-state index contributed by atoms with van der Waals surface area (Å²) in [5, 5.41) is 9.02. The average Bonchev–Trinajstić information content (AvgIpc) is 3.51. The molecule has 0 spiro atoms. The highest BCUT2D eigenvalue weighted by molar-refractivity contribution is 5.87. The highest BCUT2D eigenvalue weighted by Gasteiger charge is 2.55. The number of hydrogen-bond donors (Lipinski definition) is 1. The van der Waals surface area contributed by atoms with Crippen molar-refractivity contribution in [1.29, 1.82) is 0 Å². The van der Waals surface area contributed by atoms with Gasteiger partial charge >= 0.3 is 12.1 Å². The fourth-order valence-corrected chi connectivity index (χ4v) is 7.66. The second-order valence-corrected chi connectivity index (χ2v) is 12.8. The lowest BCUT2D eigenvalue weighted by atomic mass is 9.78. The van der Waals surface area contributed by atoms with Crippen LogP contribution in [0, 0.1) is 23.2 Å². The van der Waals surface area contributed by atoms with Gasteiger partial charge < -0.3 is 10.0 Å². The second kappa shape index (κ2) is 13.2. The molecule has 1 aromatic heterocycles. The number of fused-ring (bicyclic) bond motifs is 2. The minimum absolute atomic E-state index is 0.169. The van der Waals surface area contributed by atoms with Gasteiger partial charge in [0.25, 0.3) is 0 Å². The summed E-state index contributed by atoms with van der Waals surface area (Å²) in [5.74, 6) is 1.41. The molecule has 1 amide bonds. The van der Waals surface area contributed by atoms with E-state index in [0.29, 0.717) is 53.5 Å². The highest BCUT2D eigenvalue weighted by Crippen LogP contribution is 2.57. The molecule has 0 saturated heterocycles. The Balaban J connectivity index is 0.000000209. The summed E-state index contributed by atoms with van der Waals surface area (Å²) in [4.78, 5) is 30.1. The predicted octanol–water partition coefficient (Wildman–Crippen LogP) is 8.52. The van der Waals surface area contributed by atoms with Gasteiger partial charge in [-0.15, -0.1) is 0 Å². The molecule has 2 aromatic rings.